The molecule has 0 atom stereocenters. The monoisotopic (exact) mass is 238 g/mol. The number of carbonyl (C=O) groups is 1. The van der Waals surface area contributed by atoms with Gasteiger partial charge in [0.05, 0.1) is 0 Å². The number of alkyl halides is 4. The molecule has 0 amide bonds. The maximum absolute atomic E-state index is 12.7. The molecule has 1 aromatic carbocycles. The van der Waals surface area contributed by atoms with E-state index < -0.39 is 29.5 Å². The van der Waals surface area contributed by atoms with Crippen LogP contribution in [0.4, 0.5) is 22.0 Å². The normalized spacial score (nSPS) is 11.9. The number of hydrogen-bond donors (Lipinski definition) is 0. The predicted octanol–water partition coefficient (Wildman–Crippen LogP) is 3.22. The molecule has 0 aliphatic rings. The lowest BCUT2D eigenvalue weighted by Crippen LogP contribution is -2.37. The van der Waals surface area contributed by atoms with E-state index in [0.717, 1.165) is 12.1 Å². The topological polar surface area (TPSA) is 17.1 Å². The van der Waals surface area contributed by atoms with E-state index in [4.69, 9.17) is 0 Å². The molecule has 6 heteroatoms. The van der Waals surface area contributed by atoms with Crippen LogP contribution in [-0.2, 0) is 0 Å². The van der Waals surface area contributed by atoms with E-state index in [2.05, 4.69) is 0 Å². The van der Waals surface area contributed by atoms with E-state index in [0.29, 0.717) is 6.07 Å². The standard InChI is InChI=1S/C10H7F5O/c1-5-2-3-6(11)4-7(5)8(16)10(14,15)9(12)13/h2-4,9H,1H3. The van der Waals surface area contributed by atoms with Gasteiger partial charge in [0.25, 0.3) is 0 Å². The van der Waals surface area contributed by atoms with E-state index in [9.17, 15) is 26.7 Å². The van der Waals surface area contributed by atoms with Crippen LogP contribution in [0.5, 0.6) is 0 Å². The van der Waals surface area contributed by atoms with Crippen molar-refractivity contribution in [3.8, 4) is 0 Å². The van der Waals surface area contributed by atoms with Crippen LogP contribution < -0.4 is 0 Å². The number of rotatable bonds is 3. The number of ketones is 1. The average Bonchev–Trinajstić information content (AvgIpc) is 2.20. The number of carbonyl (C=O) groups excluding carboxylic acids is 1. The summed E-state index contributed by atoms with van der Waals surface area (Å²) >= 11 is 0. The van der Waals surface area contributed by atoms with Gasteiger partial charge >= 0.3 is 12.3 Å². The van der Waals surface area contributed by atoms with Crippen molar-refractivity contribution in [3.63, 3.8) is 0 Å². The van der Waals surface area contributed by atoms with E-state index in [1.165, 1.54) is 6.92 Å². The van der Waals surface area contributed by atoms with Gasteiger partial charge in [0.1, 0.15) is 5.82 Å². The average molecular weight is 238 g/mol. The minimum absolute atomic E-state index is 0.0201. The number of hydrogen-bond acceptors (Lipinski definition) is 1. The van der Waals surface area contributed by atoms with Gasteiger partial charge in [0.2, 0.25) is 5.78 Å². The SMILES string of the molecule is Cc1ccc(F)cc1C(=O)C(F)(F)C(F)F. The third-order valence-electron chi connectivity index (χ3n) is 2.02. The molecule has 0 aliphatic heterocycles. The van der Waals surface area contributed by atoms with Crippen molar-refractivity contribution in [2.45, 2.75) is 19.3 Å². The summed E-state index contributed by atoms with van der Waals surface area (Å²) < 4.78 is 62.0. The maximum Gasteiger partial charge on any atom is 0.368 e. The second-order valence-electron chi connectivity index (χ2n) is 3.21. The molecular formula is C10H7F5O. The smallest absolute Gasteiger partial charge is 0.287 e. The van der Waals surface area contributed by atoms with Crippen LogP contribution in [0.1, 0.15) is 15.9 Å². The Bertz CT molecular complexity index is 414. The highest BCUT2D eigenvalue weighted by molar-refractivity contribution is 6.02. The molecule has 0 saturated heterocycles. The largest absolute Gasteiger partial charge is 0.368 e. The zero-order valence-electron chi connectivity index (χ0n) is 8.11. The molecule has 16 heavy (non-hydrogen) atoms. The van der Waals surface area contributed by atoms with E-state index >= 15 is 0 Å². The lowest BCUT2D eigenvalue weighted by atomic mass is 10.0. The van der Waals surface area contributed by atoms with E-state index in [1.54, 1.807) is 0 Å². The lowest BCUT2D eigenvalue weighted by molar-refractivity contribution is -0.0958. The van der Waals surface area contributed by atoms with E-state index in [-0.39, 0.29) is 5.56 Å². The fraction of sp³-hybridized carbons (Fsp3) is 0.300. The van der Waals surface area contributed by atoms with E-state index in [1.807, 2.05) is 0 Å². The Morgan fingerprint density at radius 3 is 2.38 bits per heavy atom. The molecule has 0 radical (unpaired) electrons. The Morgan fingerprint density at radius 1 is 1.31 bits per heavy atom. The molecule has 0 aromatic heterocycles. The van der Waals surface area contributed by atoms with Crippen molar-refractivity contribution in [1.29, 1.82) is 0 Å². The Balaban J connectivity index is 3.19. The minimum atomic E-state index is -4.79. The van der Waals surface area contributed by atoms with Gasteiger partial charge in [-0.1, -0.05) is 6.07 Å². The Labute approximate surface area is 87.9 Å². The zero-order valence-corrected chi connectivity index (χ0v) is 8.11. The Morgan fingerprint density at radius 2 is 1.88 bits per heavy atom. The molecule has 88 valence electrons. The zero-order chi connectivity index (χ0) is 12.5. The van der Waals surface area contributed by atoms with Crippen molar-refractivity contribution in [1.82, 2.24) is 0 Å². The van der Waals surface area contributed by atoms with Crippen LogP contribution >= 0.6 is 0 Å². The summed E-state index contributed by atoms with van der Waals surface area (Å²) in [7, 11) is 0. The van der Waals surface area contributed by atoms with Crippen LogP contribution in [0.3, 0.4) is 0 Å². The fourth-order valence-electron chi connectivity index (χ4n) is 1.12. The number of halogens is 5. The molecule has 1 nitrogen and oxygen atoms in total. The van der Waals surface area contributed by atoms with Gasteiger partial charge in [-0.05, 0) is 24.6 Å². The van der Waals surface area contributed by atoms with Crippen LogP contribution in [0.15, 0.2) is 18.2 Å². The fourth-order valence-corrected chi connectivity index (χ4v) is 1.12. The molecule has 0 saturated carbocycles. The third-order valence-corrected chi connectivity index (χ3v) is 2.02. The quantitative estimate of drug-likeness (QED) is 0.583. The first-order chi connectivity index (χ1) is 7.26. The number of Topliss-reactive ketones (excluding diaryl/α,β-unsaturated/α-hetero) is 1. The number of aryl methyl sites for hydroxylation is 1. The Kier molecular flexibility index (Phi) is 3.30. The van der Waals surface area contributed by atoms with Crippen LogP contribution in [0.25, 0.3) is 0 Å². The predicted molar refractivity (Wildman–Crippen MR) is 46.4 cm³/mol. The van der Waals surface area contributed by atoms with Crippen LogP contribution in [0, 0.1) is 12.7 Å². The summed E-state index contributed by atoms with van der Waals surface area (Å²) in [5.74, 6) is -7.79. The summed E-state index contributed by atoms with van der Waals surface area (Å²) in [6.45, 7) is 1.26. The van der Waals surface area contributed by atoms with Gasteiger partial charge in [-0.3, -0.25) is 4.79 Å². The highest BCUT2D eigenvalue weighted by atomic mass is 19.3. The lowest BCUT2D eigenvalue weighted by Gasteiger charge is -2.14. The molecule has 1 aromatic rings. The first-order valence-electron chi connectivity index (χ1n) is 4.23. The highest BCUT2D eigenvalue weighted by Gasteiger charge is 2.49. The summed E-state index contributed by atoms with van der Waals surface area (Å²) in [4.78, 5) is 11.1. The van der Waals surface area contributed by atoms with Gasteiger partial charge in [0, 0.05) is 5.56 Å². The molecule has 0 unspecified atom stereocenters. The van der Waals surface area contributed by atoms with Crippen LogP contribution in [-0.4, -0.2) is 18.1 Å². The first-order valence-corrected chi connectivity index (χ1v) is 4.23. The van der Waals surface area contributed by atoms with Crippen LogP contribution in [0.2, 0.25) is 0 Å². The highest BCUT2D eigenvalue weighted by Crippen LogP contribution is 2.28. The molecule has 0 N–H and O–H groups in total. The molecule has 0 aliphatic carbocycles. The summed E-state index contributed by atoms with van der Waals surface area (Å²) in [5.41, 5.74) is -0.711. The van der Waals surface area contributed by atoms with Crippen molar-refractivity contribution < 1.29 is 26.7 Å². The molecule has 1 rings (SSSR count). The summed E-state index contributed by atoms with van der Waals surface area (Å²) in [5, 5.41) is 0. The van der Waals surface area contributed by atoms with Crippen molar-refractivity contribution in [3.05, 3.63) is 35.1 Å². The number of benzene rings is 1. The van der Waals surface area contributed by atoms with Gasteiger partial charge < -0.3 is 0 Å². The van der Waals surface area contributed by atoms with Gasteiger partial charge in [-0.2, -0.15) is 8.78 Å². The summed E-state index contributed by atoms with van der Waals surface area (Å²) in [6, 6.07) is 2.55. The van der Waals surface area contributed by atoms with Crippen molar-refractivity contribution >= 4 is 5.78 Å². The second-order valence-corrected chi connectivity index (χ2v) is 3.21. The van der Waals surface area contributed by atoms with Gasteiger partial charge in [0.15, 0.2) is 0 Å². The van der Waals surface area contributed by atoms with Crippen molar-refractivity contribution in [2.75, 3.05) is 0 Å². The summed E-state index contributed by atoms with van der Waals surface area (Å²) in [6.07, 6.45) is -4.11. The second kappa shape index (κ2) is 4.19. The molecule has 0 fully saturated rings. The minimum Gasteiger partial charge on any atom is -0.287 e. The molecular weight excluding hydrogens is 231 g/mol. The van der Waals surface area contributed by atoms with Crippen molar-refractivity contribution in [2.24, 2.45) is 0 Å². The molecule has 0 spiro atoms. The first kappa shape index (κ1) is 12.6. The van der Waals surface area contributed by atoms with Gasteiger partial charge in [-0.15, -0.1) is 0 Å². The molecule has 0 heterocycles. The molecule has 0 bridgehead atoms. The maximum atomic E-state index is 12.7. The van der Waals surface area contributed by atoms with Gasteiger partial charge in [-0.25, -0.2) is 13.2 Å². The third kappa shape index (κ3) is 2.20. The Hall–Kier alpha value is -1.46.